The molecule has 1 aliphatic carbocycles. The van der Waals surface area contributed by atoms with E-state index >= 15 is 0 Å². The number of amides is 3. The van der Waals surface area contributed by atoms with Gasteiger partial charge >= 0.3 is 6.03 Å². The molecule has 18 heavy (non-hydrogen) atoms. The molecule has 0 spiro atoms. The number of piperidine rings is 1. The largest absolute Gasteiger partial charge is 0.353 e. The summed E-state index contributed by atoms with van der Waals surface area (Å²) in [6.45, 7) is 3.02. The number of carbonyl (C=O) groups is 2. The van der Waals surface area contributed by atoms with Crippen LogP contribution in [-0.2, 0) is 4.79 Å². The van der Waals surface area contributed by atoms with E-state index in [1.165, 1.54) is 12.8 Å². The van der Waals surface area contributed by atoms with Gasteiger partial charge in [0.2, 0.25) is 5.91 Å². The number of rotatable bonds is 2. The summed E-state index contributed by atoms with van der Waals surface area (Å²) in [7, 11) is 0. The lowest BCUT2D eigenvalue weighted by atomic mass is 10.1. The van der Waals surface area contributed by atoms with Crippen LogP contribution in [0.3, 0.4) is 0 Å². The normalized spacial score (nSPS) is 21.9. The first kappa shape index (κ1) is 13.2. The number of hydrogen-bond donors (Lipinski definition) is 2. The molecule has 0 bridgehead atoms. The van der Waals surface area contributed by atoms with Crippen LogP contribution in [0, 0.1) is 0 Å². The molecule has 0 radical (unpaired) electrons. The van der Waals surface area contributed by atoms with Crippen molar-refractivity contribution in [2.24, 2.45) is 0 Å². The van der Waals surface area contributed by atoms with Gasteiger partial charge in [-0.05, 0) is 25.7 Å². The third-order valence-electron chi connectivity index (χ3n) is 3.87. The Bertz CT molecular complexity index is 305. The Balaban J connectivity index is 1.71. The van der Waals surface area contributed by atoms with Crippen LogP contribution in [-0.4, -0.2) is 42.0 Å². The predicted molar refractivity (Wildman–Crippen MR) is 69.2 cm³/mol. The van der Waals surface area contributed by atoms with Crippen molar-refractivity contribution in [2.75, 3.05) is 13.1 Å². The molecule has 2 N–H and O–H groups in total. The minimum atomic E-state index is 0.0175. The smallest absolute Gasteiger partial charge is 0.317 e. The van der Waals surface area contributed by atoms with Gasteiger partial charge in [0.1, 0.15) is 0 Å². The Morgan fingerprint density at radius 3 is 2.06 bits per heavy atom. The average Bonchev–Trinajstić information content (AvgIpc) is 2.82. The van der Waals surface area contributed by atoms with Gasteiger partial charge in [-0.2, -0.15) is 0 Å². The lowest BCUT2D eigenvalue weighted by molar-refractivity contribution is -0.119. The highest BCUT2D eigenvalue weighted by Gasteiger charge is 2.25. The summed E-state index contributed by atoms with van der Waals surface area (Å²) in [5.41, 5.74) is 0. The van der Waals surface area contributed by atoms with Crippen LogP contribution >= 0.6 is 0 Å². The number of nitrogens with zero attached hydrogens (tertiary/aromatic N) is 1. The monoisotopic (exact) mass is 253 g/mol. The van der Waals surface area contributed by atoms with Crippen LogP contribution in [0.15, 0.2) is 0 Å². The Morgan fingerprint density at radius 1 is 0.944 bits per heavy atom. The molecule has 3 amide bonds. The third-order valence-corrected chi connectivity index (χ3v) is 3.87. The summed E-state index contributed by atoms with van der Waals surface area (Å²) >= 11 is 0. The molecule has 2 rings (SSSR count). The van der Waals surface area contributed by atoms with Crippen LogP contribution in [0.25, 0.3) is 0 Å². The van der Waals surface area contributed by atoms with Crippen molar-refractivity contribution in [3.63, 3.8) is 0 Å². The minimum absolute atomic E-state index is 0.0175. The van der Waals surface area contributed by atoms with E-state index in [1.54, 1.807) is 6.92 Å². The zero-order chi connectivity index (χ0) is 13.0. The van der Waals surface area contributed by atoms with Crippen molar-refractivity contribution in [1.82, 2.24) is 15.5 Å². The molecule has 0 unspecified atom stereocenters. The van der Waals surface area contributed by atoms with Crippen molar-refractivity contribution in [2.45, 2.75) is 57.5 Å². The van der Waals surface area contributed by atoms with Gasteiger partial charge in [-0.3, -0.25) is 4.79 Å². The number of hydrogen-bond acceptors (Lipinski definition) is 2. The molecular formula is C13H23N3O2. The summed E-state index contributed by atoms with van der Waals surface area (Å²) in [5.74, 6) is 0.0175. The Hall–Kier alpha value is -1.26. The molecule has 1 heterocycles. The fourth-order valence-electron chi connectivity index (χ4n) is 2.85. The third kappa shape index (κ3) is 3.62. The SMILES string of the molecule is CC(=O)NC1CCN(C(=O)NC2CCCC2)CC1. The van der Waals surface area contributed by atoms with Gasteiger partial charge in [0.25, 0.3) is 0 Å². The fourth-order valence-corrected chi connectivity index (χ4v) is 2.85. The van der Waals surface area contributed by atoms with Gasteiger partial charge in [0, 0.05) is 32.1 Å². The molecule has 5 heteroatoms. The molecule has 0 aromatic rings. The van der Waals surface area contributed by atoms with Crippen LogP contribution < -0.4 is 10.6 Å². The number of carbonyl (C=O) groups excluding carboxylic acids is 2. The van der Waals surface area contributed by atoms with Crippen LogP contribution in [0.2, 0.25) is 0 Å². The van der Waals surface area contributed by atoms with E-state index in [0.717, 1.165) is 38.8 Å². The van der Waals surface area contributed by atoms with Gasteiger partial charge in [-0.1, -0.05) is 12.8 Å². The quantitative estimate of drug-likeness (QED) is 0.778. The topological polar surface area (TPSA) is 61.4 Å². The van der Waals surface area contributed by atoms with E-state index in [1.807, 2.05) is 4.90 Å². The second kappa shape index (κ2) is 6.07. The lowest BCUT2D eigenvalue weighted by Crippen LogP contribution is -2.50. The van der Waals surface area contributed by atoms with Crippen LogP contribution in [0.4, 0.5) is 4.79 Å². The molecule has 102 valence electrons. The molecule has 1 saturated heterocycles. The number of nitrogens with one attached hydrogen (secondary N) is 2. The second-order valence-corrected chi connectivity index (χ2v) is 5.39. The lowest BCUT2D eigenvalue weighted by Gasteiger charge is -2.33. The van der Waals surface area contributed by atoms with Crippen molar-refractivity contribution in [3.8, 4) is 0 Å². The van der Waals surface area contributed by atoms with Crippen molar-refractivity contribution in [1.29, 1.82) is 0 Å². The summed E-state index contributed by atoms with van der Waals surface area (Å²) in [6, 6.07) is 0.687. The van der Waals surface area contributed by atoms with Gasteiger partial charge in [-0.15, -0.1) is 0 Å². The maximum Gasteiger partial charge on any atom is 0.317 e. The van der Waals surface area contributed by atoms with E-state index in [2.05, 4.69) is 10.6 Å². The minimum Gasteiger partial charge on any atom is -0.353 e. The van der Waals surface area contributed by atoms with Gasteiger partial charge < -0.3 is 15.5 Å². The Kier molecular flexibility index (Phi) is 4.44. The first-order chi connectivity index (χ1) is 8.65. The van der Waals surface area contributed by atoms with Gasteiger partial charge in [-0.25, -0.2) is 4.79 Å². The first-order valence-electron chi connectivity index (χ1n) is 6.97. The highest BCUT2D eigenvalue weighted by Crippen LogP contribution is 2.18. The molecule has 1 aliphatic heterocycles. The molecular weight excluding hydrogens is 230 g/mol. The van der Waals surface area contributed by atoms with Crippen molar-refractivity contribution in [3.05, 3.63) is 0 Å². The van der Waals surface area contributed by atoms with E-state index in [9.17, 15) is 9.59 Å². The standard InChI is InChI=1S/C13H23N3O2/c1-10(17)14-12-6-8-16(9-7-12)13(18)15-11-4-2-3-5-11/h11-12H,2-9H2,1H3,(H,14,17)(H,15,18). The summed E-state index contributed by atoms with van der Waals surface area (Å²) in [5, 5.41) is 6.02. The molecule has 0 atom stereocenters. The molecule has 0 aromatic heterocycles. The molecule has 5 nitrogen and oxygen atoms in total. The Labute approximate surface area is 108 Å². The van der Waals surface area contributed by atoms with E-state index in [4.69, 9.17) is 0 Å². The fraction of sp³-hybridized carbons (Fsp3) is 0.846. The van der Waals surface area contributed by atoms with E-state index in [-0.39, 0.29) is 18.0 Å². The Morgan fingerprint density at radius 2 is 1.50 bits per heavy atom. The summed E-state index contributed by atoms with van der Waals surface area (Å²) in [6.07, 6.45) is 6.42. The van der Waals surface area contributed by atoms with E-state index < -0.39 is 0 Å². The zero-order valence-corrected chi connectivity index (χ0v) is 11.1. The maximum atomic E-state index is 12.0. The number of likely N-dealkylation sites (tertiary alicyclic amines) is 1. The summed E-state index contributed by atoms with van der Waals surface area (Å²) < 4.78 is 0. The zero-order valence-electron chi connectivity index (χ0n) is 11.1. The van der Waals surface area contributed by atoms with Crippen molar-refractivity contribution < 1.29 is 9.59 Å². The van der Waals surface area contributed by atoms with Crippen LogP contribution in [0.1, 0.15) is 45.4 Å². The first-order valence-corrected chi connectivity index (χ1v) is 6.97. The summed E-state index contributed by atoms with van der Waals surface area (Å²) in [4.78, 5) is 24.8. The molecule has 2 aliphatic rings. The van der Waals surface area contributed by atoms with E-state index in [0.29, 0.717) is 6.04 Å². The van der Waals surface area contributed by atoms with Crippen LogP contribution in [0.5, 0.6) is 0 Å². The molecule has 0 aromatic carbocycles. The second-order valence-electron chi connectivity index (χ2n) is 5.39. The molecule has 1 saturated carbocycles. The van der Waals surface area contributed by atoms with Crippen molar-refractivity contribution >= 4 is 11.9 Å². The molecule has 2 fully saturated rings. The highest BCUT2D eigenvalue weighted by molar-refractivity contribution is 5.75. The highest BCUT2D eigenvalue weighted by atomic mass is 16.2. The number of urea groups is 1. The van der Waals surface area contributed by atoms with Gasteiger partial charge in [0.05, 0.1) is 0 Å². The van der Waals surface area contributed by atoms with Gasteiger partial charge in [0.15, 0.2) is 0 Å². The average molecular weight is 253 g/mol. The predicted octanol–water partition coefficient (Wildman–Crippen LogP) is 1.24. The maximum absolute atomic E-state index is 12.0.